The predicted octanol–water partition coefficient (Wildman–Crippen LogP) is 4.24. The van der Waals surface area contributed by atoms with Crippen molar-refractivity contribution in [1.82, 2.24) is 0 Å². The van der Waals surface area contributed by atoms with E-state index in [1.54, 1.807) is 12.1 Å². The first kappa shape index (κ1) is 21.9. The Balaban J connectivity index is 1.42. The molecule has 0 N–H and O–H groups in total. The molecule has 0 aromatic heterocycles. The third kappa shape index (κ3) is 6.64. The minimum absolute atomic E-state index is 0.0910. The van der Waals surface area contributed by atoms with Crippen LogP contribution in [0.25, 0.3) is 0 Å². The summed E-state index contributed by atoms with van der Waals surface area (Å²) in [6.45, 7) is 4.93. The first-order valence-electron chi connectivity index (χ1n) is 9.19. The van der Waals surface area contributed by atoms with Crippen LogP contribution in [-0.4, -0.2) is 45.4 Å². The Hall–Kier alpha value is -2.78. The van der Waals surface area contributed by atoms with Crippen LogP contribution < -0.4 is 14.2 Å². The van der Waals surface area contributed by atoms with Crippen LogP contribution in [0.5, 0.6) is 17.2 Å². The Morgan fingerprint density at radius 2 is 1.57 bits per heavy atom. The number of benzene rings is 2. The summed E-state index contributed by atoms with van der Waals surface area (Å²) in [5.74, 6) is -0.382. The zero-order chi connectivity index (χ0) is 21.6. The zero-order valence-corrected chi connectivity index (χ0v) is 16.2. The van der Waals surface area contributed by atoms with E-state index in [2.05, 4.69) is 11.7 Å². The minimum Gasteiger partial charge on any atom is -0.491 e. The Morgan fingerprint density at radius 1 is 0.967 bits per heavy atom. The number of hydrogen-bond acceptors (Lipinski definition) is 6. The first-order chi connectivity index (χ1) is 14.2. The maximum Gasteiger partial charge on any atom is 0.573 e. The quantitative estimate of drug-likeness (QED) is 0.340. The topological polar surface area (TPSA) is 63.2 Å². The molecule has 162 valence electrons. The highest BCUT2D eigenvalue weighted by Gasteiger charge is 2.33. The molecule has 0 spiro atoms. The molecule has 0 unspecified atom stereocenters. The summed E-state index contributed by atoms with van der Waals surface area (Å²) in [6, 6.07) is 10.9. The molecule has 0 atom stereocenters. The first-order valence-corrected chi connectivity index (χ1v) is 9.19. The van der Waals surface area contributed by atoms with E-state index >= 15 is 0 Å². The van der Waals surface area contributed by atoms with Gasteiger partial charge in [0.2, 0.25) is 0 Å². The Kier molecular flexibility index (Phi) is 6.84. The molecule has 3 rings (SSSR count). The molecule has 0 amide bonds. The van der Waals surface area contributed by atoms with E-state index in [4.69, 9.17) is 18.9 Å². The minimum atomic E-state index is -4.78. The van der Waals surface area contributed by atoms with Gasteiger partial charge in [0.25, 0.3) is 0 Å². The van der Waals surface area contributed by atoms with Crippen LogP contribution in [0.1, 0.15) is 17.3 Å². The molecule has 2 aromatic rings. The maximum atomic E-state index is 12.2. The number of carbonyl (C=O) groups excluding carboxylic acids is 1. The van der Waals surface area contributed by atoms with Gasteiger partial charge in [-0.2, -0.15) is 0 Å². The molecule has 1 fully saturated rings. The van der Waals surface area contributed by atoms with Gasteiger partial charge in [-0.05, 0) is 48.5 Å². The summed E-state index contributed by atoms with van der Waals surface area (Å²) >= 11 is 0. The van der Waals surface area contributed by atoms with Crippen molar-refractivity contribution in [2.75, 3.05) is 33.0 Å². The normalized spacial score (nSPS) is 15.2. The second-order valence-corrected chi connectivity index (χ2v) is 7.14. The highest BCUT2D eigenvalue weighted by Crippen LogP contribution is 2.27. The van der Waals surface area contributed by atoms with Gasteiger partial charge in [0, 0.05) is 5.41 Å². The van der Waals surface area contributed by atoms with Crippen LogP contribution in [-0.2, 0) is 9.47 Å². The number of hydrogen-bond donors (Lipinski definition) is 0. The SMILES string of the molecule is CC1(COCCOc2ccc(C(=O)Oc3ccc(OC(F)(F)F)cc3)cc2)COC1. The van der Waals surface area contributed by atoms with E-state index in [0.29, 0.717) is 38.8 Å². The Bertz CT molecular complexity index is 829. The van der Waals surface area contributed by atoms with Gasteiger partial charge >= 0.3 is 12.3 Å². The van der Waals surface area contributed by atoms with Gasteiger partial charge in [0.15, 0.2) is 0 Å². The van der Waals surface area contributed by atoms with Crippen molar-refractivity contribution in [3.8, 4) is 17.2 Å². The van der Waals surface area contributed by atoms with Crippen molar-refractivity contribution in [2.45, 2.75) is 13.3 Å². The van der Waals surface area contributed by atoms with Gasteiger partial charge < -0.3 is 23.7 Å². The van der Waals surface area contributed by atoms with Crippen molar-refractivity contribution < 1.29 is 41.7 Å². The second kappa shape index (κ2) is 9.36. The lowest BCUT2D eigenvalue weighted by Gasteiger charge is -2.37. The lowest BCUT2D eigenvalue weighted by atomic mass is 9.90. The number of carbonyl (C=O) groups is 1. The molecule has 0 radical (unpaired) electrons. The molecule has 1 saturated heterocycles. The van der Waals surface area contributed by atoms with Crippen molar-refractivity contribution in [1.29, 1.82) is 0 Å². The highest BCUT2D eigenvalue weighted by atomic mass is 19.4. The molecule has 0 saturated carbocycles. The van der Waals surface area contributed by atoms with E-state index < -0.39 is 18.1 Å². The van der Waals surface area contributed by atoms with Gasteiger partial charge in [0.1, 0.15) is 23.9 Å². The van der Waals surface area contributed by atoms with Crippen molar-refractivity contribution in [2.24, 2.45) is 5.41 Å². The van der Waals surface area contributed by atoms with Crippen molar-refractivity contribution >= 4 is 5.97 Å². The number of esters is 1. The molecular weight excluding hydrogens is 405 g/mol. The number of halogens is 3. The summed E-state index contributed by atoms with van der Waals surface area (Å²) < 4.78 is 61.7. The largest absolute Gasteiger partial charge is 0.573 e. The monoisotopic (exact) mass is 426 g/mol. The molecule has 2 aromatic carbocycles. The second-order valence-electron chi connectivity index (χ2n) is 7.14. The summed E-state index contributed by atoms with van der Waals surface area (Å²) in [6.07, 6.45) is -4.78. The van der Waals surface area contributed by atoms with Crippen LogP contribution in [0.4, 0.5) is 13.2 Å². The highest BCUT2D eigenvalue weighted by molar-refractivity contribution is 5.91. The number of rotatable bonds is 9. The van der Waals surface area contributed by atoms with Crippen LogP contribution >= 0.6 is 0 Å². The van der Waals surface area contributed by atoms with E-state index in [9.17, 15) is 18.0 Å². The van der Waals surface area contributed by atoms with Crippen molar-refractivity contribution in [3.05, 3.63) is 54.1 Å². The smallest absolute Gasteiger partial charge is 0.491 e. The van der Waals surface area contributed by atoms with Gasteiger partial charge in [-0.1, -0.05) is 6.92 Å². The molecule has 9 heteroatoms. The Morgan fingerprint density at radius 3 is 2.13 bits per heavy atom. The predicted molar refractivity (Wildman–Crippen MR) is 99.8 cm³/mol. The van der Waals surface area contributed by atoms with E-state index in [1.165, 1.54) is 24.3 Å². The van der Waals surface area contributed by atoms with E-state index in [-0.39, 0.29) is 16.7 Å². The van der Waals surface area contributed by atoms with Crippen LogP contribution in [0.2, 0.25) is 0 Å². The zero-order valence-electron chi connectivity index (χ0n) is 16.2. The van der Waals surface area contributed by atoms with Gasteiger partial charge in [0.05, 0.1) is 32.0 Å². The molecule has 0 aliphatic carbocycles. The molecule has 30 heavy (non-hydrogen) atoms. The average molecular weight is 426 g/mol. The average Bonchev–Trinajstić information content (AvgIpc) is 2.67. The fourth-order valence-electron chi connectivity index (χ4n) is 2.63. The maximum absolute atomic E-state index is 12.2. The third-order valence-electron chi connectivity index (χ3n) is 4.21. The summed E-state index contributed by atoms with van der Waals surface area (Å²) in [4.78, 5) is 12.2. The fraction of sp³-hybridized carbons (Fsp3) is 0.381. The summed E-state index contributed by atoms with van der Waals surface area (Å²) in [5.41, 5.74) is 0.361. The third-order valence-corrected chi connectivity index (χ3v) is 4.21. The van der Waals surface area contributed by atoms with E-state index in [0.717, 1.165) is 12.1 Å². The molecule has 6 nitrogen and oxygen atoms in total. The molecular formula is C21H21F3O6. The van der Waals surface area contributed by atoms with Crippen molar-refractivity contribution in [3.63, 3.8) is 0 Å². The van der Waals surface area contributed by atoms with Crippen LogP contribution in [0, 0.1) is 5.41 Å². The summed E-state index contributed by atoms with van der Waals surface area (Å²) in [7, 11) is 0. The van der Waals surface area contributed by atoms with Gasteiger partial charge in [-0.15, -0.1) is 13.2 Å². The molecule has 1 aliphatic heterocycles. The van der Waals surface area contributed by atoms with E-state index in [1.807, 2.05) is 0 Å². The fourth-order valence-corrected chi connectivity index (χ4v) is 2.63. The van der Waals surface area contributed by atoms with Gasteiger partial charge in [-0.25, -0.2) is 4.79 Å². The molecule has 0 bridgehead atoms. The lowest BCUT2D eigenvalue weighted by molar-refractivity contribution is -0.274. The van der Waals surface area contributed by atoms with Crippen LogP contribution in [0.3, 0.4) is 0 Å². The molecule has 1 heterocycles. The number of alkyl halides is 3. The molecule has 1 aliphatic rings. The van der Waals surface area contributed by atoms with Gasteiger partial charge in [-0.3, -0.25) is 0 Å². The Labute approximate surface area is 171 Å². The number of ether oxygens (including phenoxy) is 5. The van der Waals surface area contributed by atoms with Crippen LogP contribution in [0.15, 0.2) is 48.5 Å². The summed E-state index contributed by atoms with van der Waals surface area (Å²) in [5, 5.41) is 0. The lowest BCUT2D eigenvalue weighted by Crippen LogP contribution is -2.43. The standard InChI is InChI=1S/C21H21F3O6/c1-20(13-27-14-20)12-26-10-11-28-16-4-2-15(3-5-16)19(25)29-17-6-8-18(9-7-17)30-21(22,23)24/h2-9H,10-14H2,1H3.